The SMILES string of the molecule is CC[C@H](C)[C@H](NC(=O)[C@H](Cc1ccc(O)cc1)NC(=O)OC(C)(C)C)C(=O)N[C@@H](Cc1ccc(O)cc1)C(=O)N[C@H](C(=O)O)[C@@H](C)O. The summed E-state index contributed by atoms with van der Waals surface area (Å²) >= 11 is 0. The zero-order valence-corrected chi connectivity index (χ0v) is 27.4. The average molecular weight is 659 g/mol. The Bertz CT molecular complexity index is 1370. The Balaban J connectivity index is 2.37. The molecule has 14 nitrogen and oxygen atoms in total. The molecule has 0 saturated carbocycles. The predicted molar refractivity (Wildman–Crippen MR) is 171 cm³/mol. The monoisotopic (exact) mass is 658 g/mol. The number of aromatic hydroxyl groups is 2. The topological polar surface area (TPSA) is 224 Å². The van der Waals surface area contributed by atoms with Crippen LogP contribution in [0.3, 0.4) is 0 Å². The van der Waals surface area contributed by atoms with E-state index in [9.17, 15) is 44.4 Å². The predicted octanol–water partition coefficient (Wildman–Crippen LogP) is 1.74. The van der Waals surface area contributed by atoms with Crippen molar-refractivity contribution in [3.63, 3.8) is 0 Å². The van der Waals surface area contributed by atoms with Gasteiger partial charge in [-0.3, -0.25) is 14.4 Å². The molecule has 6 atom stereocenters. The standard InChI is InChI=1S/C33H46N4O10/c1-7-18(2)26(36-29(42)25(35-32(46)47-33(4,5)6)17-21-10-14-23(40)15-11-21)30(43)34-24(16-20-8-12-22(39)13-9-20)28(41)37-27(19(3)38)31(44)45/h8-15,18-19,24-27,38-40H,7,16-17H2,1-6H3,(H,34,43)(H,35,46)(H,36,42)(H,37,41)(H,44,45)/t18-,19+,24-,25-,26-,27-/m0/s1. The summed E-state index contributed by atoms with van der Waals surface area (Å²) in [6, 6.07) is 6.43. The van der Waals surface area contributed by atoms with Gasteiger partial charge in [0.1, 0.15) is 35.2 Å². The number of rotatable bonds is 15. The van der Waals surface area contributed by atoms with E-state index in [-0.39, 0.29) is 24.3 Å². The molecule has 0 bridgehead atoms. The maximum absolute atomic E-state index is 13.8. The number of phenolic OH excluding ortho intramolecular Hbond substituents is 2. The minimum Gasteiger partial charge on any atom is -0.508 e. The zero-order valence-electron chi connectivity index (χ0n) is 27.4. The number of alkyl carbamates (subject to hydrolysis) is 1. The molecular weight excluding hydrogens is 612 g/mol. The molecule has 0 spiro atoms. The highest BCUT2D eigenvalue weighted by Gasteiger charge is 2.35. The third-order valence-corrected chi connectivity index (χ3v) is 7.23. The van der Waals surface area contributed by atoms with Crippen molar-refractivity contribution in [3.8, 4) is 11.5 Å². The summed E-state index contributed by atoms with van der Waals surface area (Å²) in [5.41, 5.74) is 0.260. The lowest BCUT2D eigenvalue weighted by Crippen LogP contribution is -2.60. The van der Waals surface area contributed by atoms with Crippen molar-refractivity contribution in [2.75, 3.05) is 0 Å². The summed E-state index contributed by atoms with van der Waals surface area (Å²) in [6.07, 6.45) is -2.01. The minimum atomic E-state index is -1.66. The molecule has 0 aliphatic rings. The fraction of sp³-hybridized carbons (Fsp3) is 0.485. The summed E-state index contributed by atoms with van der Waals surface area (Å²) in [4.78, 5) is 65.1. The Morgan fingerprint density at radius 1 is 0.702 bits per heavy atom. The van der Waals surface area contributed by atoms with Gasteiger partial charge in [-0.25, -0.2) is 9.59 Å². The Hall–Kier alpha value is -4.85. The van der Waals surface area contributed by atoms with Gasteiger partial charge in [-0.05, 0) is 69.0 Å². The van der Waals surface area contributed by atoms with E-state index >= 15 is 0 Å². The van der Waals surface area contributed by atoms with Crippen LogP contribution in [0.4, 0.5) is 4.79 Å². The molecule has 258 valence electrons. The molecule has 14 heteroatoms. The van der Waals surface area contributed by atoms with E-state index in [0.29, 0.717) is 17.5 Å². The highest BCUT2D eigenvalue weighted by Crippen LogP contribution is 2.16. The van der Waals surface area contributed by atoms with Crippen molar-refractivity contribution in [2.45, 2.75) is 96.7 Å². The lowest BCUT2D eigenvalue weighted by Gasteiger charge is -2.29. The van der Waals surface area contributed by atoms with E-state index < -0.39 is 71.6 Å². The Morgan fingerprint density at radius 3 is 1.51 bits per heavy atom. The third-order valence-electron chi connectivity index (χ3n) is 7.23. The summed E-state index contributed by atoms with van der Waals surface area (Å²) in [5, 5.41) is 48.8. The number of carboxylic acid groups (broad SMARTS) is 1. The molecule has 0 saturated heterocycles. The van der Waals surface area contributed by atoms with Crippen LogP contribution in [0.15, 0.2) is 48.5 Å². The molecule has 0 fully saturated rings. The molecule has 0 aliphatic carbocycles. The lowest BCUT2D eigenvalue weighted by atomic mass is 9.96. The molecule has 47 heavy (non-hydrogen) atoms. The Labute approximate surface area is 273 Å². The number of phenols is 2. The van der Waals surface area contributed by atoms with E-state index in [1.54, 1.807) is 46.8 Å². The molecule has 0 heterocycles. The first kappa shape index (κ1) is 38.3. The van der Waals surface area contributed by atoms with Crippen LogP contribution in [-0.4, -0.2) is 86.1 Å². The molecule has 0 aliphatic heterocycles. The van der Waals surface area contributed by atoms with E-state index in [1.807, 2.05) is 0 Å². The fourth-order valence-corrected chi connectivity index (χ4v) is 4.46. The van der Waals surface area contributed by atoms with Crippen molar-refractivity contribution in [2.24, 2.45) is 5.92 Å². The number of aliphatic carboxylic acids is 1. The van der Waals surface area contributed by atoms with Crippen molar-refractivity contribution in [3.05, 3.63) is 59.7 Å². The molecule has 0 unspecified atom stereocenters. The van der Waals surface area contributed by atoms with Crippen LogP contribution in [0.5, 0.6) is 11.5 Å². The van der Waals surface area contributed by atoms with Gasteiger partial charge < -0.3 is 46.4 Å². The number of aliphatic hydroxyl groups is 1. The van der Waals surface area contributed by atoms with Crippen LogP contribution in [0.1, 0.15) is 59.1 Å². The first-order valence-corrected chi connectivity index (χ1v) is 15.3. The van der Waals surface area contributed by atoms with Gasteiger partial charge in [0.05, 0.1) is 6.10 Å². The molecule has 0 aromatic heterocycles. The second-order valence-corrected chi connectivity index (χ2v) is 12.4. The quantitative estimate of drug-likeness (QED) is 0.138. The van der Waals surface area contributed by atoms with Crippen LogP contribution in [0, 0.1) is 5.92 Å². The number of carbonyl (C=O) groups is 5. The first-order valence-electron chi connectivity index (χ1n) is 15.3. The number of amides is 4. The smallest absolute Gasteiger partial charge is 0.408 e. The second-order valence-electron chi connectivity index (χ2n) is 12.4. The van der Waals surface area contributed by atoms with Gasteiger partial charge in [-0.1, -0.05) is 44.5 Å². The largest absolute Gasteiger partial charge is 0.508 e. The normalized spacial score (nSPS) is 15.1. The van der Waals surface area contributed by atoms with Crippen LogP contribution in [-0.2, 0) is 36.8 Å². The van der Waals surface area contributed by atoms with Crippen molar-refractivity contribution in [1.82, 2.24) is 21.3 Å². The first-order chi connectivity index (χ1) is 21.9. The average Bonchev–Trinajstić information content (AvgIpc) is 2.98. The number of hydrogen-bond donors (Lipinski definition) is 8. The number of carboxylic acids is 1. The van der Waals surface area contributed by atoms with E-state index in [0.717, 1.165) is 0 Å². The summed E-state index contributed by atoms with van der Waals surface area (Å²) in [5.74, 6) is -4.33. The van der Waals surface area contributed by atoms with Crippen LogP contribution < -0.4 is 21.3 Å². The number of hydrogen-bond acceptors (Lipinski definition) is 9. The van der Waals surface area contributed by atoms with E-state index in [1.165, 1.54) is 43.3 Å². The van der Waals surface area contributed by atoms with Crippen molar-refractivity contribution in [1.29, 1.82) is 0 Å². The van der Waals surface area contributed by atoms with Gasteiger partial charge in [0.15, 0.2) is 6.04 Å². The fourth-order valence-electron chi connectivity index (χ4n) is 4.46. The van der Waals surface area contributed by atoms with Gasteiger partial charge in [-0.15, -0.1) is 0 Å². The van der Waals surface area contributed by atoms with E-state index in [2.05, 4.69) is 21.3 Å². The summed E-state index contributed by atoms with van der Waals surface area (Å²) in [7, 11) is 0. The second kappa shape index (κ2) is 17.2. The maximum atomic E-state index is 13.8. The zero-order chi connectivity index (χ0) is 35.5. The summed E-state index contributed by atoms with van der Waals surface area (Å²) < 4.78 is 5.34. The molecule has 0 radical (unpaired) electrons. The number of aliphatic hydroxyl groups excluding tert-OH is 1. The van der Waals surface area contributed by atoms with Gasteiger partial charge in [0.2, 0.25) is 17.7 Å². The number of nitrogens with one attached hydrogen (secondary N) is 4. The van der Waals surface area contributed by atoms with E-state index in [4.69, 9.17) is 4.74 Å². The van der Waals surface area contributed by atoms with Crippen LogP contribution >= 0.6 is 0 Å². The van der Waals surface area contributed by atoms with Gasteiger partial charge >= 0.3 is 12.1 Å². The molecule has 2 rings (SSSR count). The lowest BCUT2D eigenvalue weighted by molar-refractivity contribution is -0.145. The number of carbonyl (C=O) groups excluding carboxylic acids is 4. The highest BCUT2D eigenvalue weighted by atomic mass is 16.6. The van der Waals surface area contributed by atoms with Gasteiger partial charge in [0, 0.05) is 12.8 Å². The molecule has 8 N–H and O–H groups in total. The Morgan fingerprint density at radius 2 is 1.13 bits per heavy atom. The molecule has 4 amide bonds. The minimum absolute atomic E-state index is 0.0115. The van der Waals surface area contributed by atoms with Crippen LogP contribution in [0.25, 0.3) is 0 Å². The van der Waals surface area contributed by atoms with Crippen LogP contribution in [0.2, 0.25) is 0 Å². The number of ether oxygens (including phenoxy) is 1. The van der Waals surface area contributed by atoms with Crippen molar-refractivity contribution >= 4 is 29.8 Å². The van der Waals surface area contributed by atoms with Gasteiger partial charge in [0.25, 0.3) is 0 Å². The van der Waals surface area contributed by atoms with Gasteiger partial charge in [-0.2, -0.15) is 0 Å². The third kappa shape index (κ3) is 12.8. The molecule has 2 aromatic rings. The molecular formula is C33H46N4O10. The number of benzene rings is 2. The van der Waals surface area contributed by atoms with Crippen molar-refractivity contribution < 1.29 is 49.1 Å². The summed E-state index contributed by atoms with van der Waals surface area (Å²) in [6.45, 7) is 9.69. The highest BCUT2D eigenvalue weighted by molar-refractivity contribution is 5.95. The Kier molecular flexibility index (Phi) is 14.0. The maximum Gasteiger partial charge on any atom is 0.408 e. The molecule has 2 aromatic carbocycles.